The van der Waals surface area contributed by atoms with Crippen LogP contribution in [-0.4, -0.2) is 30.8 Å². The highest BCUT2D eigenvalue weighted by molar-refractivity contribution is 6.13. The summed E-state index contributed by atoms with van der Waals surface area (Å²) >= 11 is 0. The Bertz CT molecular complexity index is 235. The Morgan fingerprint density at radius 2 is 2.33 bits per heavy atom. The third-order valence-electron chi connectivity index (χ3n) is 1.17. The van der Waals surface area contributed by atoms with Crippen LogP contribution in [0.25, 0.3) is 0 Å². The summed E-state index contributed by atoms with van der Waals surface area (Å²) in [5.41, 5.74) is 0. The molecule has 0 radical (unpaired) electrons. The Morgan fingerprint density at radius 1 is 1.33 bits per heavy atom. The molecule has 0 fully saturated rings. The van der Waals surface area contributed by atoms with E-state index in [9.17, 15) is 0 Å². The summed E-state index contributed by atoms with van der Waals surface area (Å²) in [4.78, 5) is 15.6. The summed E-state index contributed by atoms with van der Waals surface area (Å²) in [6.45, 7) is 0. The molecule has 0 bridgehead atoms. The van der Waals surface area contributed by atoms with Gasteiger partial charge in [0.15, 0.2) is 5.84 Å². The minimum absolute atomic E-state index is 0.00463. The van der Waals surface area contributed by atoms with Gasteiger partial charge in [-0.15, -0.1) is 0 Å². The zero-order chi connectivity index (χ0) is 6.10. The highest BCUT2D eigenvalue weighted by Gasteiger charge is 2.15. The maximum absolute atomic E-state index is 3.97. The van der Waals surface area contributed by atoms with Crippen molar-refractivity contribution in [2.24, 2.45) is 20.0 Å². The highest BCUT2D eigenvalue weighted by atomic mass is 15.1. The summed E-state index contributed by atoms with van der Waals surface area (Å²) < 4.78 is 0. The Labute approximate surface area is 51.8 Å². The normalized spacial score (nSPS) is 28.4. The van der Waals surface area contributed by atoms with E-state index in [1.165, 1.54) is 12.7 Å². The van der Waals surface area contributed by atoms with E-state index in [1.54, 1.807) is 6.21 Å². The van der Waals surface area contributed by atoms with Gasteiger partial charge in [-0.1, -0.05) is 0 Å². The fourth-order valence-corrected chi connectivity index (χ4v) is 0.735. The summed E-state index contributed by atoms with van der Waals surface area (Å²) in [6.07, 6.45) is 4.70. The number of aliphatic imine (C=N–C) groups is 4. The van der Waals surface area contributed by atoms with Crippen LogP contribution in [0.15, 0.2) is 20.0 Å². The second kappa shape index (κ2) is 1.58. The van der Waals surface area contributed by atoms with Crippen LogP contribution in [0.5, 0.6) is 0 Å². The molecular weight excluding hydrogens is 116 g/mol. The Kier molecular flexibility index (Phi) is 0.798. The average molecular weight is 120 g/mol. The number of nitrogens with zero attached hydrogens (tertiary/aromatic N) is 4. The fourth-order valence-electron chi connectivity index (χ4n) is 0.735. The molecule has 1 unspecified atom stereocenters. The maximum atomic E-state index is 3.97. The highest BCUT2D eigenvalue weighted by Crippen LogP contribution is 2.02. The van der Waals surface area contributed by atoms with E-state index in [1.807, 2.05) is 0 Å². The fraction of sp³-hybridized carbons (Fsp3) is 0.200. The summed E-state index contributed by atoms with van der Waals surface area (Å²) in [7, 11) is 0. The molecule has 2 rings (SSSR count). The van der Waals surface area contributed by atoms with E-state index in [2.05, 4.69) is 20.0 Å². The minimum Gasteiger partial charge on any atom is -0.256 e. The summed E-state index contributed by atoms with van der Waals surface area (Å²) in [5, 5.41) is 0. The smallest absolute Gasteiger partial charge is 0.161 e. The third-order valence-corrected chi connectivity index (χ3v) is 1.17. The van der Waals surface area contributed by atoms with E-state index in [4.69, 9.17) is 0 Å². The molecule has 9 heavy (non-hydrogen) atoms. The van der Waals surface area contributed by atoms with Crippen molar-refractivity contribution < 1.29 is 0 Å². The Balaban J connectivity index is 2.40. The SMILES string of the molecule is C1=NC=NC2=NC=NC12. The first kappa shape index (κ1) is 4.55. The number of rotatable bonds is 0. The molecule has 0 saturated heterocycles. The second-order valence-electron chi connectivity index (χ2n) is 1.74. The van der Waals surface area contributed by atoms with E-state index in [0.717, 1.165) is 5.84 Å². The lowest BCUT2D eigenvalue weighted by Crippen LogP contribution is -2.17. The van der Waals surface area contributed by atoms with Gasteiger partial charge in [-0.3, -0.25) is 4.99 Å². The van der Waals surface area contributed by atoms with E-state index in [0.29, 0.717) is 0 Å². The maximum Gasteiger partial charge on any atom is 0.161 e. The predicted octanol–water partition coefficient (Wildman–Crippen LogP) is -0.0919. The topological polar surface area (TPSA) is 49.4 Å². The van der Waals surface area contributed by atoms with Crippen LogP contribution in [0.2, 0.25) is 0 Å². The summed E-state index contributed by atoms with van der Waals surface area (Å²) in [6, 6.07) is -0.00463. The predicted molar refractivity (Wildman–Crippen MR) is 36.7 cm³/mol. The number of fused-ring (bicyclic) bond motifs is 1. The van der Waals surface area contributed by atoms with Crippen molar-refractivity contribution in [1.82, 2.24) is 0 Å². The van der Waals surface area contributed by atoms with Gasteiger partial charge in [0.25, 0.3) is 0 Å². The molecule has 0 spiro atoms. The molecule has 4 heteroatoms. The lowest BCUT2D eigenvalue weighted by atomic mass is 10.3. The van der Waals surface area contributed by atoms with Gasteiger partial charge in [0.1, 0.15) is 18.7 Å². The molecule has 2 aliphatic rings. The summed E-state index contributed by atoms with van der Waals surface area (Å²) in [5.74, 6) is 0.741. The molecule has 0 aromatic carbocycles. The van der Waals surface area contributed by atoms with Crippen molar-refractivity contribution in [3.05, 3.63) is 0 Å². The van der Waals surface area contributed by atoms with Gasteiger partial charge in [-0.2, -0.15) is 0 Å². The zero-order valence-electron chi connectivity index (χ0n) is 4.60. The third kappa shape index (κ3) is 0.595. The monoisotopic (exact) mass is 120 g/mol. The molecule has 0 aromatic rings. The molecule has 4 nitrogen and oxygen atoms in total. The molecule has 0 aliphatic carbocycles. The molecule has 0 saturated carbocycles. The minimum atomic E-state index is -0.00463. The van der Waals surface area contributed by atoms with Crippen molar-refractivity contribution >= 4 is 24.7 Å². The van der Waals surface area contributed by atoms with E-state index < -0.39 is 0 Å². The molecule has 44 valence electrons. The Morgan fingerprint density at radius 3 is 3.22 bits per heavy atom. The number of amidine groups is 1. The number of hydrogen-bond acceptors (Lipinski definition) is 4. The molecule has 1 atom stereocenters. The van der Waals surface area contributed by atoms with Gasteiger partial charge < -0.3 is 0 Å². The largest absolute Gasteiger partial charge is 0.256 e. The van der Waals surface area contributed by atoms with Crippen molar-refractivity contribution in [1.29, 1.82) is 0 Å². The van der Waals surface area contributed by atoms with Crippen LogP contribution in [0.3, 0.4) is 0 Å². The lowest BCUT2D eigenvalue weighted by molar-refractivity contribution is 1.17. The van der Waals surface area contributed by atoms with Crippen LogP contribution >= 0.6 is 0 Å². The first-order chi connectivity index (χ1) is 4.47. The van der Waals surface area contributed by atoms with E-state index in [-0.39, 0.29) is 6.04 Å². The van der Waals surface area contributed by atoms with Crippen LogP contribution in [0.4, 0.5) is 0 Å². The van der Waals surface area contributed by atoms with Crippen LogP contribution in [-0.2, 0) is 0 Å². The first-order valence-corrected chi connectivity index (χ1v) is 2.62. The number of hydrogen-bond donors (Lipinski definition) is 0. The standard InChI is InChI=1S/C5H4N4/c1-4-5(8-2-6-1)9-3-7-4/h1-4H. The quantitative estimate of drug-likeness (QED) is 0.429. The molecule has 2 aliphatic heterocycles. The second-order valence-corrected chi connectivity index (χ2v) is 1.74. The van der Waals surface area contributed by atoms with Crippen molar-refractivity contribution in [3.8, 4) is 0 Å². The van der Waals surface area contributed by atoms with Crippen LogP contribution in [0, 0.1) is 0 Å². The van der Waals surface area contributed by atoms with Crippen LogP contribution < -0.4 is 0 Å². The molecule has 2 heterocycles. The van der Waals surface area contributed by atoms with Crippen molar-refractivity contribution in [2.45, 2.75) is 6.04 Å². The van der Waals surface area contributed by atoms with Gasteiger partial charge in [-0.25, -0.2) is 15.0 Å². The van der Waals surface area contributed by atoms with Crippen molar-refractivity contribution in [3.63, 3.8) is 0 Å². The van der Waals surface area contributed by atoms with Gasteiger partial charge in [0.2, 0.25) is 0 Å². The first-order valence-electron chi connectivity index (χ1n) is 2.62. The molecular formula is C5H4N4. The lowest BCUT2D eigenvalue weighted by Gasteiger charge is -2.01. The van der Waals surface area contributed by atoms with Gasteiger partial charge >= 0.3 is 0 Å². The van der Waals surface area contributed by atoms with Crippen molar-refractivity contribution in [2.75, 3.05) is 0 Å². The van der Waals surface area contributed by atoms with Gasteiger partial charge in [-0.05, 0) is 0 Å². The Hall–Kier alpha value is -1.32. The molecule has 0 aromatic heterocycles. The molecule has 0 amide bonds. The average Bonchev–Trinajstić information content (AvgIpc) is 2.33. The van der Waals surface area contributed by atoms with Gasteiger partial charge in [0.05, 0.1) is 0 Å². The zero-order valence-corrected chi connectivity index (χ0v) is 4.60. The van der Waals surface area contributed by atoms with Crippen LogP contribution in [0.1, 0.15) is 0 Å². The van der Waals surface area contributed by atoms with Gasteiger partial charge in [0, 0.05) is 6.21 Å². The molecule has 0 N–H and O–H groups in total. The van der Waals surface area contributed by atoms with E-state index >= 15 is 0 Å².